The number of primary amides is 1. The number of carbonyl (C=O) groups excluding carboxylic acids is 5. The van der Waals surface area contributed by atoms with Gasteiger partial charge in [-0.1, -0.05) is 5.16 Å². The molecule has 3 aliphatic rings. The first-order chi connectivity index (χ1) is 16.9. The summed E-state index contributed by atoms with van der Waals surface area (Å²) in [5.41, 5.74) is 4.00. The van der Waals surface area contributed by atoms with Crippen molar-refractivity contribution in [2.45, 2.75) is 38.3 Å². The van der Waals surface area contributed by atoms with Gasteiger partial charge in [0.25, 0.3) is 0 Å². The second-order valence-electron chi connectivity index (χ2n) is 9.87. The summed E-state index contributed by atoms with van der Waals surface area (Å²) in [6, 6.07) is 1.78. The minimum Gasteiger partial charge on any atom is -0.507 e. The van der Waals surface area contributed by atoms with Crippen LogP contribution in [0.3, 0.4) is 0 Å². The Morgan fingerprint density at radius 1 is 1.22 bits per heavy atom. The summed E-state index contributed by atoms with van der Waals surface area (Å²) < 4.78 is 0. The highest BCUT2D eigenvalue weighted by atomic mass is 16.6. The standard InChI is InChI=1S/C25H29N3O8/c1-5-36-27-10(2)12-6-7-15(29)17-13(12)8-11-9-14-19(28(3)4)21(31)18(24(26)34)23(33)25(14,35)22(32)16(11)20(17)30/h6-7,11,14,16,18-19,29,35H,5,8-9H2,1-4H3,(H2,26,34)/t11-,14-,16?,18?,19?,25-/m0/s1. The Hall–Kier alpha value is -3.44. The monoisotopic (exact) mass is 499 g/mol. The summed E-state index contributed by atoms with van der Waals surface area (Å²) in [7, 11) is 3.08. The first-order valence-electron chi connectivity index (χ1n) is 11.7. The van der Waals surface area contributed by atoms with Gasteiger partial charge in [0.05, 0.1) is 23.2 Å². The van der Waals surface area contributed by atoms with E-state index in [1.165, 1.54) is 11.0 Å². The predicted octanol–water partition coefficient (Wildman–Crippen LogP) is -0.372. The molecule has 4 rings (SSSR count). The molecule has 3 unspecified atom stereocenters. The lowest BCUT2D eigenvalue weighted by molar-refractivity contribution is -0.181. The largest absolute Gasteiger partial charge is 0.507 e. The molecule has 4 N–H and O–H groups in total. The molecule has 0 saturated heterocycles. The lowest BCUT2D eigenvalue weighted by Crippen LogP contribution is -2.74. The maximum absolute atomic E-state index is 13.8. The van der Waals surface area contributed by atoms with Crippen LogP contribution in [0.25, 0.3) is 0 Å². The fourth-order valence-electron chi connectivity index (χ4n) is 6.15. The minimum atomic E-state index is -2.74. The number of nitrogens with two attached hydrogens (primary N) is 1. The molecule has 0 spiro atoms. The molecule has 0 aromatic heterocycles. The van der Waals surface area contributed by atoms with Crippen LogP contribution in [0, 0.1) is 23.7 Å². The van der Waals surface area contributed by atoms with Crippen LogP contribution in [-0.4, -0.2) is 82.2 Å². The highest BCUT2D eigenvalue weighted by Gasteiger charge is 2.69. The second kappa shape index (κ2) is 8.90. The number of benzene rings is 1. The van der Waals surface area contributed by atoms with Gasteiger partial charge >= 0.3 is 0 Å². The first kappa shape index (κ1) is 25.6. The summed E-state index contributed by atoms with van der Waals surface area (Å²) in [6.07, 6.45) is 0.148. The van der Waals surface area contributed by atoms with Gasteiger partial charge < -0.3 is 20.8 Å². The fraction of sp³-hybridized carbons (Fsp3) is 0.520. The number of phenols is 1. The molecule has 0 bridgehead atoms. The molecular formula is C25H29N3O8. The van der Waals surface area contributed by atoms with Gasteiger partial charge in [0.2, 0.25) is 5.91 Å². The van der Waals surface area contributed by atoms with Gasteiger partial charge in [0.15, 0.2) is 34.7 Å². The highest BCUT2D eigenvalue weighted by Crippen LogP contribution is 2.51. The zero-order valence-electron chi connectivity index (χ0n) is 20.5. The molecule has 0 radical (unpaired) electrons. The number of rotatable bonds is 5. The third-order valence-corrected chi connectivity index (χ3v) is 7.67. The maximum Gasteiger partial charge on any atom is 0.235 e. The smallest absolute Gasteiger partial charge is 0.235 e. The Labute approximate surface area is 207 Å². The number of hydrogen-bond donors (Lipinski definition) is 3. The zero-order valence-corrected chi connectivity index (χ0v) is 20.5. The van der Waals surface area contributed by atoms with Crippen LogP contribution in [0.4, 0.5) is 0 Å². The number of hydrogen-bond acceptors (Lipinski definition) is 10. The number of amides is 1. The molecule has 11 heteroatoms. The number of ketones is 4. The van der Waals surface area contributed by atoms with Crippen LogP contribution in [0.5, 0.6) is 5.75 Å². The van der Waals surface area contributed by atoms with E-state index in [1.807, 2.05) is 0 Å². The summed E-state index contributed by atoms with van der Waals surface area (Å²) in [5.74, 6) is -10.7. The van der Waals surface area contributed by atoms with Crippen LogP contribution in [-0.2, 0) is 30.4 Å². The number of likely N-dealkylation sites (N-methyl/N-ethyl adjacent to an activating group) is 1. The predicted molar refractivity (Wildman–Crippen MR) is 125 cm³/mol. The number of Topliss-reactive ketones (excluding diaryl/α,β-unsaturated/α-hetero) is 4. The van der Waals surface area contributed by atoms with Crippen molar-refractivity contribution in [1.82, 2.24) is 4.90 Å². The normalized spacial score (nSPS) is 32.2. The van der Waals surface area contributed by atoms with E-state index in [9.17, 15) is 34.2 Å². The van der Waals surface area contributed by atoms with Crippen molar-refractivity contribution in [3.63, 3.8) is 0 Å². The van der Waals surface area contributed by atoms with Crippen molar-refractivity contribution >= 4 is 34.8 Å². The number of aromatic hydroxyl groups is 1. The Balaban J connectivity index is 1.87. The fourth-order valence-corrected chi connectivity index (χ4v) is 6.15. The van der Waals surface area contributed by atoms with Crippen LogP contribution in [0.15, 0.2) is 17.3 Å². The lowest BCUT2D eigenvalue weighted by atomic mass is 9.52. The van der Waals surface area contributed by atoms with Crippen molar-refractivity contribution in [2.24, 2.45) is 34.6 Å². The molecule has 36 heavy (non-hydrogen) atoms. The van der Waals surface area contributed by atoms with Gasteiger partial charge in [0.1, 0.15) is 12.4 Å². The topological polar surface area (TPSA) is 177 Å². The van der Waals surface area contributed by atoms with Gasteiger partial charge in [0, 0.05) is 11.5 Å². The summed E-state index contributed by atoms with van der Waals surface area (Å²) in [5, 5.41) is 26.1. The average Bonchev–Trinajstić information content (AvgIpc) is 2.79. The number of oxime groups is 1. The molecule has 0 aliphatic heterocycles. The van der Waals surface area contributed by atoms with Crippen molar-refractivity contribution in [2.75, 3.05) is 20.7 Å². The average molecular weight is 500 g/mol. The summed E-state index contributed by atoms with van der Waals surface area (Å²) in [6.45, 7) is 3.78. The molecule has 1 amide bonds. The van der Waals surface area contributed by atoms with Gasteiger partial charge in [-0.3, -0.25) is 28.9 Å². The van der Waals surface area contributed by atoms with E-state index < -0.39 is 64.4 Å². The van der Waals surface area contributed by atoms with E-state index in [2.05, 4.69) is 5.16 Å². The van der Waals surface area contributed by atoms with E-state index in [-0.39, 0.29) is 24.2 Å². The molecular weight excluding hydrogens is 470 g/mol. The summed E-state index contributed by atoms with van der Waals surface area (Å²) >= 11 is 0. The van der Waals surface area contributed by atoms with E-state index in [1.54, 1.807) is 34.0 Å². The van der Waals surface area contributed by atoms with Gasteiger partial charge in [-0.2, -0.15) is 0 Å². The minimum absolute atomic E-state index is 0.0133. The van der Waals surface area contributed by atoms with Crippen molar-refractivity contribution in [3.8, 4) is 5.75 Å². The molecule has 11 nitrogen and oxygen atoms in total. The molecule has 2 saturated carbocycles. The summed E-state index contributed by atoms with van der Waals surface area (Å²) in [4.78, 5) is 72.4. The van der Waals surface area contributed by atoms with E-state index >= 15 is 0 Å². The van der Waals surface area contributed by atoms with Crippen LogP contribution in [0.2, 0.25) is 0 Å². The van der Waals surface area contributed by atoms with Crippen LogP contribution in [0.1, 0.15) is 41.8 Å². The Bertz CT molecular complexity index is 1220. The zero-order chi connectivity index (χ0) is 26.7. The molecule has 1 aromatic rings. The second-order valence-corrected chi connectivity index (χ2v) is 9.87. The van der Waals surface area contributed by atoms with Gasteiger partial charge in [-0.05, 0) is 64.4 Å². The van der Waals surface area contributed by atoms with E-state index in [4.69, 9.17) is 10.6 Å². The van der Waals surface area contributed by atoms with Crippen molar-refractivity contribution < 1.29 is 39.0 Å². The quantitative estimate of drug-likeness (QED) is 0.277. The molecule has 192 valence electrons. The van der Waals surface area contributed by atoms with Crippen LogP contribution >= 0.6 is 0 Å². The Morgan fingerprint density at radius 3 is 2.47 bits per heavy atom. The highest BCUT2D eigenvalue weighted by molar-refractivity contribution is 6.32. The first-order valence-corrected chi connectivity index (χ1v) is 11.7. The Morgan fingerprint density at radius 2 is 1.89 bits per heavy atom. The third kappa shape index (κ3) is 3.48. The lowest BCUT2D eigenvalue weighted by Gasteiger charge is -2.52. The van der Waals surface area contributed by atoms with E-state index in [0.717, 1.165) is 0 Å². The third-order valence-electron chi connectivity index (χ3n) is 7.67. The number of carbonyl (C=O) groups is 5. The molecule has 3 aliphatic carbocycles. The molecule has 2 fully saturated rings. The van der Waals surface area contributed by atoms with Gasteiger partial charge in [-0.15, -0.1) is 0 Å². The van der Waals surface area contributed by atoms with E-state index in [0.29, 0.717) is 23.4 Å². The van der Waals surface area contributed by atoms with Crippen molar-refractivity contribution in [1.29, 1.82) is 0 Å². The molecule has 1 aromatic carbocycles. The number of phenolic OH excluding ortho intramolecular Hbond substituents is 1. The maximum atomic E-state index is 13.8. The molecule has 0 heterocycles. The van der Waals surface area contributed by atoms with Crippen molar-refractivity contribution in [3.05, 3.63) is 28.8 Å². The number of nitrogens with zero attached hydrogens (tertiary/aromatic N) is 2. The SMILES string of the molecule is CCON=C(C)c1ccc(O)c2c1C[C@H]1C[C@H]3C(N(C)C)C(=O)C(C(N)=O)C(=O)[C@@]3(O)C(=O)C1C2=O. The Kier molecular flexibility index (Phi) is 6.34. The number of fused-ring (bicyclic) bond motifs is 3. The molecule has 6 atom stereocenters. The van der Waals surface area contributed by atoms with Gasteiger partial charge in [-0.25, -0.2) is 0 Å². The number of aliphatic hydroxyl groups is 1. The van der Waals surface area contributed by atoms with Crippen LogP contribution < -0.4 is 5.73 Å².